The van der Waals surface area contributed by atoms with Gasteiger partial charge in [-0.15, -0.1) is 0 Å². The Balaban J connectivity index is 1.76. The number of nitrogens with one attached hydrogen (secondary N) is 2. The summed E-state index contributed by atoms with van der Waals surface area (Å²) in [6.45, 7) is 4.32. The van der Waals surface area contributed by atoms with Crippen LogP contribution in [0.15, 0.2) is 30.3 Å². The molecule has 1 aliphatic rings. The van der Waals surface area contributed by atoms with Crippen LogP contribution in [-0.2, 0) is 11.3 Å². The number of carbonyl (C=O) groups is 3. The molecule has 0 atom stereocenters. The average Bonchev–Trinajstić information content (AvgIpc) is 2.93. The molecule has 2 aromatic carbocycles. The predicted octanol–water partition coefficient (Wildman–Crippen LogP) is 8.88. The van der Waals surface area contributed by atoms with Crippen molar-refractivity contribution in [1.29, 1.82) is 0 Å². The Labute approximate surface area is 263 Å². The molecule has 13 heteroatoms. The smallest absolute Gasteiger partial charge is 0.391 e. The van der Waals surface area contributed by atoms with Crippen molar-refractivity contribution in [3.05, 3.63) is 57.1 Å². The molecule has 6 nitrogen and oxygen atoms in total. The van der Waals surface area contributed by atoms with Crippen molar-refractivity contribution < 1.29 is 41.1 Å². The van der Waals surface area contributed by atoms with Crippen LogP contribution in [0.2, 0.25) is 10.0 Å². The first-order valence-electron chi connectivity index (χ1n) is 14.2. The highest BCUT2D eigenvalue weighted by Crippen LogP contribution is 2.41. The van der Waals surface area contributed by atoms with Crippen LogP contribution >= 0.6 is 23.2 Å². The molecule has 0 aromatic heterocycles. The molecule has 0 saturated heterocycles. The van der Waals surface area contributed by atoms with Crippen molar-refractivity contribution in [3.8, 4) is 5.75 Å². The van der Waals surface area contributed by atoms with E-state index in [1.54, 1.807) is 26.8 Å². The summed E-state index contributed by atoms with van der Waals surface area (Å²) in [6.07, 6.45) is -6.07. The van der Waals surface area contributed by atoms with E-state index in [0.29, 0.717) is 24.8 Å². The van der Waals surface area contributed by atoms with Crippen LogP contribution in [-0.4, -0.2) is 36.8 Å². The van der Waals surface area contributed by atoms with Crippen LogP contribution in [0.5, 0.6) is 5.75 Å². The normalized spacial score (nSPS) is 17.3. The molecule has 0 radical (unpaired) electrons. The van der Waals surface area contributed by atoms with Crippen molar-refractivity contribution in [1.82, 2.24) is 5.32 Å². The number of ketones is 1. The van der Waals surface area contributed by atoms with Gasteiger partial charge in [0.1, 0.15) is 12.4 Å². The second kappa shape index (κ2) is 14.9. The van der Waals surface area contributed by atoms with Crippen molar-refractivity contribution in [2.24, 2.45) is 17.3 Å². The zero-order valence-corrected chi connectivity index (χ0v) is 26.1. The topological polar surface area (TPSA) is 84.5 Å². The van der Waals surface area contributed by atoms with E-state index in [4.69, 9.17) is 27.9 Å². The molecule has 1 saturated carbocycles. The van der Waals surface area contributed by atoms with Gasteiger partial charge >= 0.3 is 6.18 Å². The standard InChI is InChI=1S/C31H35Cl2F5N2O4/c1-30(2,3)29(43)39-15-18-7-11-22(32)26(27(18)33)28(42)40-20-10-13-24(44-16-25(34)35)21(14-20)23(41)12-6-17-4-8-19(9-5-17)31(36,37)38/h7,10-11,13-14,17,19,25H,4-6,8-9,12,15-16H2,1-3H3,(H,39,43)(H,40,42). The van der Waals surface area contributed by atoms with Crippen molar-refractivity contribution >= 4 is 46.5 Å². The van der Waals surface area contributed by atoms with Crippen molar-refractivity contribution in [2.45, 2.75) is 78.4 Å². The Morgan fingerprint density at radius 3 is 2.25 bits per heavy atom. The van der Waals surface area contributed by atoms with Crippen LogP contribution in [0.4, 0.5) is 27.6 Å². The first kappa shape index (κ1) is 35.6. The predicted molar refractivity (Wildman–Crippen MR) is 159 cm³/mol. The van der Waals surface area contributed by atoms with E-state index in [2.05, 4.69) is 10.6 Å². The summed E-state index contributed by atoms with van der Waals surface area (Å²) in [6, 6.07) is 6.96. The van der Waals surface area contributed by atoms with Crippen molar-refractivity contribution in [2.75, 3.05) is 11.9 Å². The van der Waals surface area contributed by atoms with Gasteiger partial charge in [0.05, 0.1) is 27.1 Å². The molecular weight excluding hydrogens is 630 g/mol. The number of rotatable bonds is 11. The van der Waals surface area contributed by atoms with Gasteiger partial charge < -0.3 is 15.4 Å². The molecule has 242 valence electrons. The highest BCUT2D eigenvalue weighted by atomic mass is 35.5. The summed E-state index contributed by atoms with van der Waals surface area (Å²) in [5.41, 5.74) is -0.201. The van der Waals surface area contributed by atoms with Crippen molar-refractivity contribution in [3.63, 3.8) is 0 Å². The third-order valence-corrected chi connectivity index (χ3v) is 8.26. The summed E-state index contributed by atoms with van der Waals surface area (Å²) in [5.74, 6) is -2.93. The van der Waals surface area contributed by atoms with Crippen LogP contribution in [0.1, 0.15) is 85.6 Å². The summed E-state index contributed by atoms with van der Waals surface area (Å²) < 4.78 is 69.9. The van der Waals surface area contributed by atoms with E-state index in [0.717, 1.165) is 0 Å². The van der Waals surface area contributed by atoms with Gasteiger partial charge in [0.2, 0.25) is 5.91 Å². The minimum Gasteiger partial charge on any atom is -0.487 e. The molecule has 2 aromatic rings. The quantitative estimate of drug-likeness (QED) is 0.186. The van der Waals surface area contributed by atoms with Gasteiger partial charge in [-0.2, -0.15) is 13.2 Å². The Bertz CT molecular complexity index is 1350. The Hall–Kier alpha value is -2.92. The molecule has 0 heterocycles. The highest BCUT2D eigenvalue weighted by molar-refractivity contribution is 6.40. The number of carbonyl (C=O) groups excluding carboxylic acids is 3. The zero-order valence-electron chi connectivity index (χ0n) is 24.6. The van der Waals surface area contributed by atoms with Crippen LogP contribution < -0.4 is 15.4 Å². The molecular formula is C31H35Cl2F5N2O4. The largest absolute Gasteiger partial charge is 0.487 e. The molecule has 3 rings (SSSR count). The molecule has 0 bridgehead atoms. The van der Waals surface area contributed by atoms with Gasteiger partial charge in [-0.25, -0.2) is 8.78 Å². The summed E-state index contributed by atoms with van der Waals surface area (Å²) in [7, 11) is 0. The first-order chi connectivity index (χ1) is 20.5. The third kappa shape index (κ3) is 9.79. The maximum absolute atomic E-state index is 13.3. The van der Waals surface area contributed by atoms with E-state index in [-0.39, 0.29) is 70.2 Å². The molecule has 0 spiro atoms. The Morgan fingerprint density at radius 1 is 1.00 bits per heavy atom. The molecule has 44 heavy (non-hydrogen) atoms. The Morgan fingerprint density at radius 2 is 1.66 bits per heavy atom. The van der Waals surface area contributed by atoms with Crippen LogP contribution in [0, 0.1) is 17.3 Å². The number of amides is 2. The maximum atomic E-state index is 13.3. The maximum Gasteiger partial charge on any atom is 0.391 e. The fourth-order valence-electron chi connectivity index (χ4n) is 4.93. The van der Waals surface area contributed by atoms with E-state index >= 15 is 0 Å². The number of Topliss-reactive ketones (excluding diaryl/α,β-unsaturated/α-hetero) is 1. The van der Waals surface area contributed by atoms with E-state index in [1.807, 2.05) is 0 Å². The van der Waals surface area contributed by atoms with Crippen LogP contribution in [0.3, 0.4) is 0 Å². The number of anilines is 1. The lowest BCUT2D eigenvalue weighted by Gasteiger charge is -2.29. The molecule has 1 aliphatic carbocycles. The van der Waals surface area contributed by atoms with E-state index < -0.39 is 42.2 Å². The van der Waals surface area contributed by atoms with Crippen LogP contribution in [0.25, 0.3) is 0 Å². The second-order valence-electron chi connectivity index (χ2n) is 11.9. The van der Waals surface area contributed by atoms with E-state index in [1.165, 1.54) is 24.3 Å². The molecule has 0 unspecified atom stereocenters. The summed E-state index contributed by atoms with van der Waals surface area (Å²) >= 11 is 12.8. The minimum atomic E-state index is -4.24. The SMILES string of the molecule is CC(C)(C)C(=O)NCc1ccc(Cl)c(C(=O)Nc2ccc(OCC(F)F)c(C(=O)CCC3CCC(C(F)(F)F)CC3)c2)c1Cl. The number of hydrogen-bond donors (Lipinski definition) is 2. The number of hydrogen-bond acceptors (Lipinski definition) is 4. The van der Waals surface area contributed by atoms with Gasteiger partial charge in [-0.3, -0.25) is 14.4 Å². The average molecular weight is 666 g/mol. The minimum absolute atomic E-state index is 0.00189. The van der Waals surface area contributed by atoms with Gasteiger partial charge in [-0.1, -0.05) is 50.0 Å². The second-order valence-corrected chi connectivity index (χ2v) is 12.7. The summed E-state index contributed by atoms with van der Waals surface area (Å²) in [5, 5.41) is 5.41. The number of ether oxygens (including phenoxy) is 1. The number of benzene rings is 2. The lowest BCUT2D eigenvalue weighted by molar-refractivity contribution is -0.184. The zero-order chi connectivity index (χ0) is 32.8. The first-order valence-corrected chi connectivity index (χ1v) is 14.9. The van der Waals surface area contributed by atoms with Gasteiger partial charge in [0.15, 0.2) is 5.78 Å². The lowest BCUT2D eigenvalue weighted by atomic mass is 9.79. The van der Waals surface area contributed by atoms with Gasteiger partial charge in [0.25, 0.3) is 12.3 Å². The lowest BCUT2D eigenvalue weighted by Crippen LogP contribution is -2.34. The third-order valence-electron chi connectivity index (χ3n) is 7.51. The molecule has 2 amide bonds. The van der Waals surface area contributed by atoms with E-state index in [9.17, 15) is 36.3 Å². The molecule has 1 fully saturated rings. The molecule has 0 aliphatic heterocycles. The van der Waals surface area contributed by atoms with Gasteiger partial charge in [0, 0.05) is 24.1 Å². The fraction of sp³-hybridized carbons (Fsp3) is 0.516. The van der Waals surface area contributed by atoms with Gasteiger partial charge in [-0.05, 0) is 67.9 Å². The highest BCUT2D eigenvalue weighted by Gasteiger charge is 2.41. The number of alkyl halides is 5. The Kier molecular flexibility index (Phi) is 12.0. The summed E-state index contributed by atoms with van der Waals surface area (Å²) in [4.78, 5) is 38.7. The monoisotopic (exact) mass is 664 g/mol. The fourth-order valence-corrected chi connectivity index (χ4v) is 5.54. The number of halogens is 7. The molecule has 2 N–H and O–H groups in total.